The third kappa shape index (κ3) is 4.87. The van der Waals surface area contributed by atoms with Crippen LogP contribution in [0.1, 0.15) is 23.6 Å². The van der Waals surface area contributed by atoms with Gasteiger partial charge in [0.25, 0.3) is 0 Å². The highest BCUT2D eigenvalue weighted by molar-refractivity contribution is 7.91. The first-order valence-electron chi connectivity index (χ1n) is 8.85. The number of benzene rings is 2. The van der Waals surface area contributed by atoms with E-state index in [-0.39, 0.29) is 23.5 Å². The Kier molecular flexibility index (Phi) is 5.82. The fourth-order valence-electron chi connectivity index (χ4n) is 3.26. The summed E-state index contributed by atoms with van der Waals surface area (Å²) in [5.74, 6) is 0.523. The number of hydrogen-bond acceptors (Lipinski definition) is 5. The molecule has 1 saturated heterocycles. The highest BCUT2D eigenvalue weighted by Crippen LogP contribution is 2.27. The van der Waals surface area contributed by atoms with Gasteiger partial charge in [-0.3, -0.25) is 10.1 Å². The van der Waals surface area contributed by atoms with Crippen LogP contribution < -0.4 is 15.4 Å². The van der Waals surface area contributed by atoms with Crippen LogP contribution >= 0.6 is 0 Å². The molecule has 1 aliphatic rings. The summed E-state index contributed by atoms with van der Waals surface area (Å²) >= 11 is 0. The predicted molar refractivity (Wildman–Crippen MR) is 106 cm³/mol. The molecule has 1 aliphatic heterocycles. The molecule has 0 unspecified atom stereocenters. The van der Waals surface area contributed by atoms with Gasteiger partial charge >= 0.3 is 0 Å². The minimum absolute atomic E-state index is 0.0530. The van der Waals surface area contributed by atoms with Crippen molar-refractivity contribution in [1.29, 1.82) is 0 Å². The van der Waals surface area contributed by atoms with Crippen molar-refractivity contribution >= 4 is 21.4 Å². The van der Waals surface area contributed by atoms with Crippen LogP contribution in [-0.4, -0.2) is 39.0 Å². The molecule has 2 aromatic rings. The third-order valence-electron chi connectivity index (χ3n) is 4.64. The highest BCUT2D eigenvalue weighted by Gasteiger charge is 2.32. The molecular weight excluding hydrogens is 364 g/mol. The lowest BCUT2D eigenvalue weighted by molar-refractivity contribution is -0.118. The number of ether oxygens (including phenoxy) is 1. The minimum atomic E-state index is -3.04. The van der Waals surface area contributed by atoms with Gasteiger partial charge in [0.2, 0.25) is 5.91 Å². The average molecular weight is 388 g/mol. The van der Waals surface area contributed by atoms with Crippen molar-refractivity contribution in [3.8, 4) is 5.75 Å². The average Bonchev–Trinajstić information content (AvgIpc) is 2.99. The number of carbonyl (C=O) groups is 1. The second-order valence-electron chi connectivity index (χ2n) is 6.80. The lowest BCUT2D eigenvalue weighted by Gasteiger charge is -2.23. The van der Waals surface area contributed by atoms with Gasteiger partial charge in [-0.05, 0) is 36.6 Å². The molecule has 0 aliphatic carbocycles. The van der Waals surface area contributed by atoms with Crippen molar-refractivity contribution in [3.05, 3.63) is 59.7 Å². The Morgan fingerprint density at radius 3 is 2.56 bits per heavy atom. The van der Waals surface area contributed by atoms with Crippen LogP contribution in [0.15, 0.2) is 48.5 Å². The Bertz CT molecular complexity index is 913. The van der Waals surface area contributed by atoms with Crippen LogP contribution in [-0.2, 0) is 14.6 Å². The Labute approximate surface area is 159 Å². The van der Waals surface area contributed by atoms with Crippen LogP contribution in [0.3, 0.4) is 0 Å². The first-order chi connectivity index (χ1) is 12.9. The number of nitrogens with one attached hydrogen (secondary N) is 2. The van der Waals surface area contributed by atoms with E-state index in [9.17, 15) is 13.2 Å². The van der Waals surface area contributed by atoms with Gasteiger partial charge in [-0.25, -0.2) is 8.42 Å². The highest BCUT2D eigenvalue weighted by atomic mass is 32.2. The van der Waals surface area contributed by atoms with Crippen LogP contribution in [0.2, 0.25) is 0 Å². The van der Waals surface area contributed by atoms with Gasteiger partial charge < -0.3 is 10.1 Å². The summed E-state index contributed by atoms with van der Waals surface area (Å²) in [5, 5.41) is 6.15. The number of aryl methyl sites for hydroxylation is 1. The van der Waals surface area contributed by atoms with Crippen molar-refractivity contribution in [2.75, 3.05) is 23.9 Å². The maximum Gasteiger partial charge on any atom is 0.246 e. The maximum atomic E-state index is 13.1. The number of methoxy groups -OCH3 is 1. The molecule has 144 valence electrons. The van der Waals surface area contributed by atoms with Crippen molar-refractivity contribution in [2.45, 2.75) is 25.4 Å². The number of rotatable bonds is 6. The summed E-state index contributed by atoms with van der Waals surface area (Å²) < 4.78 is 28.9. The molecule has 27 heavy (non-hydrogen) atoms. The molecule has 3 rings (SSSR count). The first-order valence-corrected chi connectivity index (χ1v) is 10.7. The van der Waals surface area contributed by atoms with Gasteiger partial charge in [0, 0.05) is 6.04 Å². The molecule has 2 atom stereocenters. The van der Waals surface area contributed by atoms with Gasteiger partial charge in [-0.1, -0.05) is 36.4 Å². The molecule has 6 nitrogen and oxygen atoms in total. The van der Waals surface area contributed by atoms with Gasteiger partial charge in [0.05, 0.1) is 24.3 Å². The van der Waals surface area contributed by atoms with E-state index in [0.29, 0.717) is 17.9 Å². The first kappa shape index (κ1) is 19.4. The van der Waals surface area contributed by atoms with E-state index < -0.39 is 15.9 Å². The molecule has 0 aromatic heterocycles. The molecule has 0 saturated carbocycles. The number of amides is 1. The largest absolute Gasteiger partial charge is 0.495 e. The van der Waals surface area contributed by atoms with Crippen LogP contribution in [0.25, 0.3) is 0 Å². The fraction of sp³-hybridized carbons (Fsp3) is 0.350. The summed E-state index contributed by atoms with van der Waals surface area (Å²) in [6.07, 6.45) is 0.507. The van der Waals surface area contributed by atoms with Gasteiger partial charge in [-0.2, -0.15) is 0 Å². The van der Waals surface area contributed by atoms with E-state index in [1.54, 1.807) is 13.2 Å². The zero-order chi connectivity index (χ0) is 19.4. The summed E-state index contributed by atoms with van der Waals surface area (Å²) in [7, 11) is -1.49. The third-order valence-corrected chi connectivity index (χ3v) is 6.41. The SMILES string of the molecule is COc1ccc(C)cc1NC(=O)[C@@H](N[C@@H]1CCS(=O)(=O)C1)c1ccccc1. The van der Waals surface area contributed by atoms with Gasteiger partial charge in [-0.15, -0.1) is 0 Å². The maximum absolute atomic E-state index is 13.1. The quantitative estimate of drug-likeness (QED) is 0.794. The minimum Gasteiger partial charge on any atom is -0.495 e. The fourth-order valence-corrected chi connectivity index (χ4v) is 4.94. The van der Waals surface area contributed by atoms with E-state index in [1.807, 2.05) is 49.4 Å². The van der Waals surface area contributed by atoms with Gasteiger partial charge in [0.15, 0.2) is 9.84 Å². The summed E-state index contributed by atoms with van der Waals surface area (Å²) in [4.78, 5) is 13.1. The number of hydrogen-bond donors (Lipinski definition) is 2. The zero-order valence-corrected chi connectivity index (χ0v) is 16.3. The van der Waals surface area contributed by atoms with E-state index >= 15 is 0 Å². The monoisotopic (exact) mass is 388 g/mol. The van der Waals surface area contributed by atoms with Crippen LogP contribution in [0.5, 0.6) is 5.75 Å². The number of sulfone groups is 1. The van der Waals surface area contributed by atoms with Crippen molar-refractivity contribution < 1.29 is 17.9 Å². The number of carbonyl (C=O) groups excluding carboxylic acids is 1. The summed E-state index contributed by atoms with van der Waals surface area (Å²) in [5.41, 5.74) is 2.37. The second-order valence-corrected chi connectivity index (χ2v) is 9.03. The molecule has 1 amide bonds. The van der Waals surface area contributed by atoms with Crippen LogP contribution in [0, 0.1) is 6.92 Å². The zero-order valence-electron chi connectivity index (χ0n) is 15.4. The van der Waals surface area contributed by atoms with Crippen molar-refractivity contribution in [1.82, 2.24) is 5.32 Å². The molecule has 2 aromatic carbocycles. The standard InChI is InChI=1S/C20H24N2O4S/c1-14-8-9-18(26-2)17(12-14)22-20(23)19(15-6-4-3-5-7-15)21-16-10-11-27(24,25)13-16/h3-9,12,16,19,21H,10-11,13H2,1-2H3,(H,22,23)/t16-,19+/m1/s1. The molecule has 2 N–H and O–H groups in total. The normalized spacial score (nSPS) is 19.4. The van der Waals surface area contributed by atoms with Crippen LogP contribution in [0.4, 0.5) is 5.69 Å². The lowest BCUT2D eigenvalue weighted by Crippen LogP contribution is -2.40. The number of anilines is 1. The van der Waals surface area contributed by atoms with E-state index in [4.69, 9.17) is 4.74 Å². The molecule has 7 heteroatoms. The molecular formula is C20H24N2O4S. The molecule has 1 fully saturated rings. The topological polar surface area (TPSA) is 84.5 Å². The van der Waals surface area contributed by atoms with Gasteiger partial charge in [0.1, 0.15) is 11.8 Å². The Morgan fingerprint density at radius 2 is 1.93 bits per heavy atom. The van der Waals surface area contributed by atoms with Crippen molar-refractivity contribution in [3.63, 3.8) is 0 Å². The molecule has 0 spiro atoms. The molecule has 1 heterocycles. The molecule has 0 bridgehead atoms. The van der Waals surface area contributed by atoms with Crippen molar-refractivity contribution in [2.24, 2.45) is 0 Å². The smallest absolute Gasteiger partial charge is 0.246 e. The Morgan fingerprint density at radius 1 is 1.19 bits per heavy atom. The summed E-state index contributed by atoms with van der Waals surface area (Å²) in [6, 6.07) is 14.0. The predicted octanol–water partition coefficient (Wildman–Crippen LogP) is 2.46. The lowest BCUT2D eigenvalue weighted by atomic mass is 10.0. The second kappa shape index (κ2) is 8.10. The van der Waals surface area contributed by atoms with E-state index in [1.165, 1.54) is 0 Å². The Balaban J connectivity index is 1.84. The van der Waals surface area contributed by atoms with E-state index in [2.05, 4.69) is 10.6 Å². The van der Waals surface area contributed by atoms with E-state index in [0.717, 1.165) is 11.1 Å². The molecule has 0 radical (unpaired) electrons. The Hall–Kier alpha value is -2.38. The summed E-state index contributed by atoms with van der Waals surface area (Å²) in [6.45, 7) is 1.94.